The van der Waals surface area contributed by atoms with Crippen molar-refractivity contribution in [1.29, 1.82) is 0 Å². The third kappa shape index (κ3) is 8.58. The summed E-state index contributed by atoms with van der Waals surface area (Å²) in [5.74, 6) is 0.273. The summed E-state index contributed by atoms with van der Waals surface area (Å²) >= 11 is 0. The quantitative estimate of drug-likeness (QED) is 0.162. The van der Waals surface area contributed by atoms with Crippen LogP contribution in [0.25, 0.3) is 83.9 Å². The van der Waals surface area contributed by atoms with E-state index in [2.05, 4.69) is 26.8 Å². The number of pyridine rings is 1. The number of aromatic hydroxyl groups is 1. The summed E-state index contributed by atoms with van der Waals surface area (Å²) in [5, 5.41) is 12.1. The van der Waals surface area contributed by atoms with Gasteiger partial charge in [-0.1, -0.05) is 179 Å². The van der Waals surface area contributed by atoms with Crippen LogP contribution in [0.3, 0.4) is 0 Å². The van der Waals surface area contributed by atoms with Gasteiger partial charge in [0.2, 0.25) is 0 Å². The Morgan fingerprint density at radius 3 is 1.97 bits per heavy atom. The van der Waals surface area contributed by atoms with E-state index < -0.39 is 38.4 Å². The van der Waals surface area contributed by atoms with Crippen molar-refractivity contribution in [1.82, 2.24) is 14.5 Å². The number of fused-ring (bicyclic) bond motifs is 1. The van der Waals surface area contributed by atoms with Crippen molar-refractivity contribution in [2.45, 2.75) is 65.9 Å². The number of imidazole rings is 1. The molecule has 0 unspecified atom stereocenters. The molecule has 1 N–H and O–H groups in total. The van der Waals surface area contributed by atoms with Gasteiger partial charge >= 0.3 is 0 Å². The number of hydrogen-bond acceptors (Lipinski definition) is 3. The minimum atomic E-state index is -3.51. The molecule has 0 aliphatic carbocycles. The van der Waals surface area contributed by atoms with Crippen LogP contribution < -0.4 is 0 Å². The van der Waals surface area contributed by atoms with E-state index in [0.717, 1.165) is 27.8 Å². The Labute approximate surface area is 403 Å². The van der Waals surface area contributed by atoms with Gasteiger partial charge in [-0.3, -0.25) is 9.55 Å². The summed E-state index contributed by atoms with van der Waals surface area (Å²) in [6.07, 6.45) is 1.70. The van der Waals surface area contributed by atoms with Crippen LogP contribution in [0.2, 0.25) is 0 Å². The number of aromatic nitrogens is 3. The molecule has 2 aromatic heterocycles. The zero-order valence-corrected chi connectivity index (χ0v) is 37.5. The maximum atomic E-state index is 12.1. The van der Waals surface area contributed by atoms with Crippen molar-refractivity contribution < 1.29 is 42.6 Å². The topological polar surface area (TPSA) is 50.9 Å². The number of benzene rings is 7. The molecule has 9 aromatic rings. The largest absolute Gasteiger partial charge is 0.507 e. The molecule has 0 bridgehead atoms. The zero-order valence-electron chi connectivity index (χ0n) is 47.2. The van der Waals surface area contributed by atoms with Crippen LogP contribution >= 0.6 is 0 Å². The van der Waals surface area contributed by atoms with Gasteiger partial charge < -0.3 is 5.11 Å². The molecule has 4 nitrogen and oxygen atoms in total. The maximum Gasteiger partial charge on any atom is 0.148 e. The molecule has 0 aliphatic heterocycles. The number of phenols is 1. The molecule has 0 amide bonds. The first-order chi connectivity index (χ1) is 34.7. The third-order valence-corrected chi connectivity index (χ3v) is 11.4. The summed E-state index contributed by atoms with van der Waals surface area (Å²) < 4.78 is 103. The van der Waals surface area contributed by atoms with E-state index in [4.69, 9.17) is 26.4 Å². The molecular formula is C58H52N3OPt-. The number of hydrogen-bond donors (Lipinski definition) is 1. The zero-order chi connectivity index (χ0) is 53.3. The third-order valence-electron chi connectivity index (χ3n) is 11.4. The molecule has 0 atom stereocenters. The Balaban J connectivity index is 0.00000747. The van der Waals surface area contributed by atoms with Crippen molar-refractivity contribution in [3.8, 4) is 78.6 Å². The van der Waals surface area contributed by atoms with Crippen LogP contribution in [-0.2, 0) is 31.9 Å². The van der Waals surface area contributed by atoms with Crippen LogP contribution in [0.15, 0.2) is 164 Å². The van der Waals surface area contributed by atoms with Gasteiger partial charge in [0.25, 0.3) is 0 Å². The fraction of sp³-hybridized carbons (Fsp3) is 0.172. The summed E-state index contributed by atoms with van der Waals surface area (Å²) in [7, 11) is 0. The molecule has 0 aliphatic rings. The van der Waals surface area contributed by atoms with Crippen LogP contribution in [0.5, 0.6) is 5.75 Å². The molecule has 316 valence electrons. The fourth-order valence-electron chi connectivity index (χ4n) is 8.01. The van der Waals surface area contributed by atoms with Gasteiger partial charge in [0, 0.05) is 55.0 Å². The Bertz CT molecular complexity index is 3520. The first kappa shape index (κ1) is 30.7. The summed E-state index contributed by atoms with van der Waals surface area (Å²) in [6, 6.07) is 50.7. The van der Waals surface area contributed by atoms with Crippen molar-refractivity contribution in [3.05, 3.63) is 192 Å². The normalized spacial score (nSPS) is 15.4. The molecule has 0 fully saturated rings. The van der Waals surface area contributed by atoms with E-state index in [9.17, 15) is 5.11 Å². The Kier molecular flexibility index (Phi) is 8.31. The molecular weight excluding hydrogens is 950 g/mol. The van der Waals surface area contributed by atoms with Gasteiger partial charge in [0.15, 0.2) is 0 Å². The average Bonchev–Trinajstić information content (AvgIpc) is 3.73. The van der Waals surface area contributed by atoms with Gasteiger partial charge in [0.05, 0.1) is 22.3 Å². The van der Waals surface area contributed by atoms with E-state index in [-0.39, 0.29) is 37.8 Å². The van der Waals surface area contributed by atoms with Gasteiger partial charge in [-0.2, -0.15) is 0 Å². The minimum absolute atomic E-state index is 0. The molecule has 7 aromatic carbocycles. The summed E-state index contributed by atoms with van der Waals surface area (Å²) in [4.78, 5) is 10.2. The van der Waals surface area contributed by atoms with E-state index in [1.54, 1.807) is 66.9 Å². The number of aryl methyl sites for hydroxylation is 2. The summed E-state index contributed by atoms with van der Waals surface area (Å²) in [5.41, 5.74) is 6.35. The number of phenolic OH excluding ortho intramolecular Hbond substituents is 1. The van der Waals surface area contributed by atoms with Gasteiger partial charge in [-0.25, -0.2) is 4.98 Å². The van der Waals surface area contributed by atoms with E-state index in [1.165, 1.54) is 12.1 Å². The van der Waals surface area contributed by atoms with Crippen LogP contribution in [0.1, 0.15) is 80.0 Å². The predicted octanol–water partition coefficient (Wildman–Crippen LogP) is 15.1. The van der Waals surface area contributed by atoms with E-state index in [1.807, 2.05) is 96.4 Å². The van der Waals surface area contributed by atoms with Gasteiger partial charge in [-0.15, -0.1) is 23.8 Å². The standard InChI is InChI=1S/C58H52N3O.Pt/c1-37-22-24-40(25-23-37)42-28-29-59-51(34-42)45-32-43(39-16-11-9-12-17-39)31-44(33-45)48-20-15-21-53-54(48)60-56(50-36-47(58(6,7)8)30-38(2)55(50)62)61(53)52-27-26-46(57(3,4)5)35-49(52)41-18-13-10-14-19-41;/h9-32,34-36,62H,1-8H3;/q-1;/i1D3,3D3,4D3,5D3;. The number of nitrogens with zero attached hydrogens (tertiary/aromatic N) is 3. The first-order valence-corrected chi connectivity index (χ1v) is 20.5. The average molecular weight is 1010 g/mol. The molecule has 5 heteroatoms. The summed E-state index contributed by atoms with van der Waals surface area (Å²) in [6.45, 7) is -4.76. The van der Waals surface area contributed by atoms with E-state index >= 15 is 0 Å². The monoisotopic (exact) mass is 1010 g/mol. The molecule has 63 heavy (non-hydrogen) atoms. The SMILES string of the molecule is [2H]C([2H])([2H])c1ccc(-c2ccnc(-c3[c-]c(-c4cccc5c4nc(-c4cc(C(C)(C)C)cc(C)c4O)n5-c4ccc(C(C([2H])([2H])[2H])(C([2H])([2H])[2H])C([2H])([2H])[2H])cc4-c4ccccc4)cc(-c4ccccc4)c3)c2)cc1.[Pt]. The molecule has 0 spiro atoms. The molecule has 0 saturated carbocycles. The van der Waals surface area contributed by atoms with Crippen molar-refractivity contribution in [2.75, 3.05) is 0 Å². The van der Waals surface area contributed by atoms with E-state index in [0.29, 0.717) is 67.2 Å². The minimum Gasteiger partial charge on any atom is -0.507 e. The molecule has 0 saturated heterocycles. The Morgan fingerprint density at radius 2 is 1.27 bits per heavy atom. The van der Waals surface area contributed by atoms with Crippen molar-refractivity contribution in [3.63, 3.8) is 0 Å². The van der Waals surface area contributed by atoms with Crippen molar-refractivity contribution >= 4 is 11.0 Å². The van der Waals surface area contributed by atoms with Crippen molar-refractivity contribution in [2.24, 2.45) is 0 Å². The molecule has 9 rings (SSSR count). The first-order valence-electron chi connectivity index (χ1n) is 26.5. The predicted molar refractivity (Wildman–Crippen MR) is 259 cm³/mol. The Morgan fingerprint density at radius 1 is 0.587 bits per heavy atom. The Hall–Kier alpha value is -6.35. The van der Waals surface area contributed by atoms with Crippen LogP contribution in [0, 0.1) is 19.8 Å². The second-order valence-electron chi connectivity index (χ2n) is 16.8. The van der Waals surface area contributed by atoms with Gasteiger partial charge in [0.1, 0.15) is 11.6 Å². The van der Waals surface area contributed by atoms with Gasteiger partial charge in [-0.05, 0) is 93.9 Å². The number of para-hydroxylation sites is 1. The second kappa shape index (κ2) is 17.1. The fourth-order valence-corrected chi connectivity index (χ4v) is 8.01. The van der Waals surface area contributed by atoms with Crippen LogP contribution in [-0.4, -0.2) is 19.6 Å². The number of rotatable bonds is 7. The second-order valence-corrected chi connectivity index (χ2v) is 16.8. The molecule has 0 radical (unpaired) electrons. The smallest absolute Gasteiger partial charge is 0.148 e. The maximum absolute atomic E-state index is 12.1. The molecule has 2 heterocycles. The van der Waals surface area contributed by atoms with Crippen LogP contribution in [0.4, 0.5) is 0 Å².